The lowest BCUT2D eigenvalue weighted by molar-refractivity contribution is 0.101. The smallest absolute Gasteiger partial charge is 0.231 e. The number of hydrogen-bond acceptors (Lipinski definition) is 5. The van der Waals surface area contributed by atoms with E-state index >= 15 is 0 Å². The lowest BCUT2D eigenvalue weighted by Crippen LogP contribution is -1.99. The highest BCUT2D eigenvalue weighted by Crippen LogP contribution is 2.35. The minimum absolute atomic E-state index is 0.0508. The van der Waals surface area contributed by atoms with Gasteiger partial charge in [0.25, 0.3) is 0 Å². The predicted molar refractivity (Wildman–Crippen MR) is 80.6 cm³/mol. The summed E-state index contributed by atoms with van der Waals surface area (Å²) in [7, 11) is 3.11. The highest BCUT2D eigenvalue weighted by Gasteiger charge is 2.27. The van der Waals surface area contributed by atoms with Gasteiger partial charge in [0.05, 0.1) is 19.8 Å². The van der Waals surface area contributed by atoms with Crippen LogP contribution in [0.2, 0.25) is 0 Å². The maximum absolute atomic E-state index is 12.3. The van der Waals surface area contributed by atoms with E-state index in [2.05, 4.69) is 0 Å². The lowest BCUT2D eigenvalue weighted by Gasteiger charge is -2.08. The molecule has 0 aromatic heterocycles. The molecule has 3 rings (SSSR count). The van der Waals surface area contributed by atoms with Crippen molar-refractivity contribution in [2.24, 2.45) is 0 Å². The first-order chi connectivity index (χ1) is 10.6. The van der Waals surface area contributed by atoms with E-state index in [1.807, 2.05) is 0 Å². The highest BCUT2D eigenvalue weighted by molar-refractivity contribution is 6.14. The molecule has 1 aliphatic heterocycles. The van der Waals surface area contributed by atoms with Crippen LogP contribution < -0.4 is 14.2 Å². The molecule has 1 heterocycles. The van der Waals surface area contributed by atoms with Crippen LogP contribution in [0, 0.1) is 0 Å². The first kappa shape index (κ1) is 14.0. The van der Waals surface area contributed by atoms with Crippen LogP contribution in [-0.4, -0.2) is 25.1 Å². The van der Waals surface area contributed by atoms with Crippen molar-refractivity contribution in [3.8, 4) is 23.0 Å². The number of ketones is 1. The Morgan fingerprint density at radius 2 is 1.91 bits per heavy atom. The molecule has 2 aromatic rings. The third-order valence-electron chi connectivity index (χ3n) is 3.38. The summed E-state index contributed by atoms with van der Waals surface area (Å²) in [6, 6.07) is 9.69. The summed E-state index contributed by atoms with van der Waals surface area (Å²) < 4.78 is 16.0. The van der Waals surface area contributed by atoms with E-state index in [-0.39, 0.29) is 17.3 Å². The van der Waals surface area contributed by atoms with Gasteiger partial charge in [0.15, 0.2) is 5.76 Å². The highest BCUT2D eigenvalue weighted by atomic mass is 16.5. The second-order valence-electron chi connectivity index (χ2n) is 4.73. The molecular formula is C17H14O5. The Bertz CT molecular complexity index is 777. The second-order valence-corrected chi connectivity index (χ2v) is 4.73. The summed E-state index contributed by atoms with van der Waals surface area (Å²) in [5, 5.41) is 9.45. The molecule has 0 atom stereocenters. The summed E-state index contributed by atoms with van der Waals surface area (Å²) in [6.45, 7) is 0. The number of methoxy groups -OCH3 is 2. The Kier molecular flexibility index (Phi) is 3.47. The molecule has 1 N–H and O–H groups in total. The van der Waals surface area contributed by atoms with Gasteiger partial charge in [-0.15, -0.1) is 0 Å². The number of benzene rings is 2. The van der Waals surface area contributed by atoms with Crippen LogP contribution in [-0.2, 0) is 0 Å². The largest absolute Gasteiger partial charge is 0.508 e. The number of allylic oxidation sites excluding steroid dienone is 1. The van der Waals surface area contributed by atoms with E-state index in [1.54, 1.807) is 44.6 Å². The van der Waals surface area contributed by atoms with Crippen molar-refractivity contribution in [2.45, 2.75) is 0 Å². The molecule has 0 saturated heterocycles. The lowest BCUT2D eigenvalue weighted by atomic mass is 10.1. The molecule has 0 fully saturated rings. The van der Waals surface area contributed by atoms with E-state index in [0.29, 0.717) is 28.4 Å². The summed E-state index contributed by atoms with van der Waals surface area (Å²) >= 11 is 0. The van der Waals surface area contributed by atoms with Crippen LogP contribution in [0.4, 0.5) is 0 Å². The molecule has 5 nitrogen and oxygen atoms in total. The average molecular weight is 298 g/mol. The van der Waals surface area contributed by atoms with Gasteiger partial charge in [-0.25, -0.2) is 0 Å². The molecule has 0 saturated carbocycles. The molecule has 0 aliphatic carbocycles. The molecule has 0 unspecified atom stereocenters. The van der Waals surface area contributed by atoms with Gasteiger partial charge < -0.3 is 19.3 Å². The fourth-order valence-electron chi connectivity index (χ4n) is 2.25. The Balaban J connectivity index is 1.99. The van der Waals surface area contributed by atoms with Crippen LogP contribution in [0.15, 0.2) is 42.2 Å². The van der Waals surface area contributed by atoms with Crippen molar-refractivity contribution in [1.29, 1.82) is 0 Å². The van der Waals surface area contributed by atoms with E-state index in [9.17, 15) is 9.90 Å². The zero-order valence-electron chi connectivity index (χ0n) is 12.1. The molecule has 0 spiro atoms. The number of carbonyl (C=O) groups is 1. The molecular weight excluding hydrogens is 284 g/mol. The van der Waals surface area contributed by atoms with Gasteiger partial charge in [0.1, 0.15) is 23.0 Å². The number of hydrogen-bond donors (Lipinski definition) is 1. The third kappa shape index (κ3) is 2.37. The Morgan fingerprint density at radius 3 is 2.64 bits per heavy atom. The van der Waals surface area contributed by atoms with Gasteiger partial charge in [-0.05, 0) is 30.3 Å². The number of phenolic OH excluding ortho intramolecular Hbond substituents is 1. The van der Waals surface area contributed by atoms with Crippen molar-refractivity contribution >= 4 is 11.9 Å². The molecule has 1 aliphatic rings. The fraction of sp³-hybridized carbons (Fsp3) is 0.118. The van der Waals surface area contributed by atoms with Crippen LogP contribution in [0.1, 0.15) is 15.9 Å². The first-order valence-corrected chi connectivity index (χ1v) is 6.61. The number of ether oxygens (including phenoxy) is 3. The maximum Gasteiger partial charge on any atom is 0.231 e. The summed E-state index contributed by atoms with van der Waals surface area (Å²) in [6.07, 6.45) is 1.61. The summed E-state index contributed by atoms with van der Waals surface area (Å²) in [5.41, 5.74) is 1.13. The topological polar surface area (TPSA) is 65.0 Å². The normalized spacial score (nSPS) is 14.6. The number of fused-ring (bicyclic) bond motifs is 1. The first-order valence-electron chi connectivity index (χ1n) is 6.61. The quantitative estimate of drug-likeness (QED) is 0.882. The average Bonchev–Trinajstić information content (AvgIpc) is 2.83. The minimum atomic E-state index is -0.229. The number of aromatic hydroxyl groups is 1. The molecule has 0 amide bonds. The Labute approximate surface area is 127 Å². The molecule has 2 aromatic carbocycles. The van der Waals surface area contributed by atoms with Gasteiger partial charge in [-0.2, -0.15) is 0 Å². The van der Waals surface area contributed by atoms with E-state index < -0.39 is 0 Å². The minimum Gasteiger partial charge on any atom is -0.508 e. The van der Waals surface area contributed by atoms with Gasteiger partial charge in [0.2, 0.25) is 5.78 Å². The van der Waals surface area contributed by atoms with E-state index in [1.165, 1.54) is 12.1 Å². The van der Waals surface area contributed by atoms with Crippen LogP contribution in [0.3, 0.4) is 0 Å². The van der Waals surface area contributed by atoms with Crippen molar-refractivity contribution < 1.29 is 24.1 Å². The van der Waals surface area contributed by atoms with Crippen LogP contribution >= 0.6 is 0 Å². The summed E-state index contributed by atoms with van der Waals surface area (Å²) in [5.74, 6) is 1.59. The monoisotopic (exact) mass is 298 g/mol. The van der Waals surface area contributed by atoms with Crippen LogP contribution in [0.5, 0.6) is 23.0 Å². The fourth-order valence-corrected chi connectivity index (χ4v) is 2.25. The maximum atomic E-state index is 12.3. The van der Waals surface area contributed by atoms with Gasteiger partial charge in [-0.1, -0.05) is 0 Å². The zero-order valence-corrected chi connectivity index (χ0v) is 12.1. The molecule has 22 heavy (non-hydrogen) atoms. The summed E-state index contributed by atoms with van der Waals surface area (Å²) in [4.78, 5) is 12.3. The zero-order chi connectivity index (χ0) is 15.7. The number of Topliss-reactive ketones (excluding diaryl/α,β-unsaturated/α-hetero) is 1. The molecule has 112 valence electrons. The Morgan fingerprint density at radius 1 is 1.09 bits per heavy atom. The number of phenols is 1. The van der Waals surface area contributed by atoms with Crippen LogP contribution in [0.25, 0.3) is 6.08 Å². The van der Waals surface area contributed by atoms with Crippen molar-refractivity contribution in [3.05, 3.63) is 53.3 Å². The van der Waals surface area contributed by atoms with Gasteiger partial charge >= 0.3 is 0 Å². The van der Waals surface area contributed by atoms with Crippen molar-refractivity contribution in [3.63, 3.8) is 0 Å². The molecule has 5 heteroatoms. The Hall–Kier alpha value is -2.95. The van der Waals surface area contributed by atoms with Crippen molar-refractivity contribution in [1.82, 2.24) is 0 Å². The van der Waals surface area contributed by atoms with Gasteiger partial charge in [0, 0.05) is 17.7 Å². The van der Waals surface area contributed by atoms with E-state index in [0.717, 1.165) is 0 Å². The molecule has 0 bridgehead atoms. The second kappa shape index (κ2) is 5.44. The number of rotatable bonds is 3. The van der Waals surface area contributed by atoms with Crippen molar-refractivity contribution in [2.75, 3.05) is 14.2 Å². The van der Waals surface area contributed by atoms with E-state index in [4.69, 9.17) is 14.2 Å². The number of carbonyl (C=O) groups excluding carboxylic acids is 1. The third-order valence-corrected chi connectivity index (χ3v) is 3.38. The molecule has 0 radical (unpaired) electrons. The standard InChI is InChI=1S/C17H14O5/c1-20-12-5-3-10(14(9-12)21-2)7-16-17(19)13-6-4-11(18)8-15(13)22-16/h3-9,18H,1-2H3/b16-7+. The SMILES string of the molecule is COc1ccc(/C=C2/Oc3cc(O)ccc3C2=O)c(OC)c1. The predicted octanol–water partition coefficient (Wildman–Crippen LogP) is 3.03. The van der Waals surface area contributed by atoms with Gasteiger partial charge in [-0.3, -0.25) is 4.79 Å².